The molecule has 0 aromatic heterocycles. The first-order valence-electron chi connectivity index (χ1n) is 2.85. The summed E-state index contributed by atoms with van der Waals surface area (Å²) in [5.41, 5.74) is 6.61. The molecule has 1 heterocycles. The normalized spacial score (nSPS) is 19.2. The van der Waals surface area contributed by atoms with Crippen molar-refractivity contribution in [3.05, 3.63) is 0 Å². The SMILES string of the molecule is [NH]C(=O)N1CCOCC1=O. The summed E-state index contributed by atoms with van der Waals surface area (Å²) in [6, 6.07) is -0.951. The number of ether oxygens (including phenoxy) is 1. The maximum absolute atomic E-state index is 10.7. The van der Waals surface area contributed by atoms with Crippen LogP contribution in [0.5, 0.6) is 0 Å². The lowest BCUT2D eigenvalue weighted by atomic mass is 10.4. The highest BCUT2D eigenvalue weighted by Gasteiger charge is 2.22. The van der Waals surface area contributed by atoms with E-state index < -0.39 is 11.9 Å². The zero-order valence-corrected chi connectivity index (χ0v) is 5.29. The molecule has 3 amide bonds. The third kappa shape index (κ3) is 1.24. The molecular formula is C5H7N2O3. The average Bonchev–Trinajstić information content (AvgIpc) is 1.88. The van der Waals surface area contributed by atoms with Gasteiger partial charge in [0.25, 0.3) is 5.91 Å². The Morgan fingerprint density at radius 2 is 2.40 bits per heavy atom. The summed E-state index contributed by atoms with van der Waals surface area (Å²) in [6.07, 6.45) is 0. The Balaban J connectivity index is 2.56. The first kappa shape index (κ1) is 7.01. The highest BCUT2D eigenvalue weighted by molar-refractivity contribution is 5.94. The largest absolute Gasteiger partial charge is 0.370 e. The summed E-state index contributed by atoms with van der Waals surface area (Å²) in [5.74, 6) is -0.425. The van der Waals surface area contributed by atoms with Gasteiger partial charge >= 0.3 is 6.03 Å². The molecule has 1 rings (SSSR count). The Bertz CT molecular complexity index is 168. The molecule has 1 fully saturated rings. The zero-order chi connectivity index (χ0) is 7.56. The van der Waals surface area contributed by atoms with Gasteiger partial charge in [-0.25, -0.2) is 10.5 Å². The second kappa shape index (κ2) is 2.66. The molecule has 0 aromatic rings. The van der Waals surface area contributed by atoms with Crippen LogP contribution in [0.25, 0.3) is 0 Å². The Morgan fingerprint density at radius 1 is 1.70 bits per heavy atom. The van der Waals surface area contributed by atoms with Crippen LogP contribution in [0.15, 0.2) is 0 Å². The average molecular weight is 143 g/mol. The van der Waals surface area contributed by atoms with Crippen molar-refractivity contribution in [3.8, 4) is 0 Å². The van der Waals surface area contributed by atoms with Gasteiger partial charge < -0.3 is 4.74 Å². The van der Waals surface area contributed by atoms with Crippen molar-refractivity contribution in [2.45, 2.75) is 0 Å². The highest BCUT2D eigenvalue weighted by Crippen LogP contribution is 1.97. The molecule has 0 unspecified atom stereocenters. The molecule has 0 aromatic carbocycles. The van der Waals surface area contributed by atoms with Crippen LogP contribution in [0.1, 0.15) is 0 Å². The van der Waals surface area contributed by atoms with Crippen molar-refractivity contribution >= 4 is 11.9 Å². The summed E-state index contributed by atoms with van der Waals surface area (Å²) < 4.78 is 4.74. The summed E-state index contributed by atoms with van der Waals surface area (Å²) >= 11 is 0. The number of imide groups is 1. The minimum Gasteiger partial charge on any atom is -0.370 e. The molecule has 5 nitrogen and oxygen atoms in total. The summed E-state index contributed by atoms with van der Waals surface area (Å²) in [4.78, 5) is 21.9. The van der Waals surface area contributed by atoms with E-state index in [4.69, 9.17) is 10.5 Å². The van der Waals surface area contributed by atoms with Crippen LogP contribution in [0.3, 0.4) is 0 Å². The number of carbonyl (C=O) groups is 2. The number of morpholine rings is 1. The Hall–Kier alpha value is -1.10. The quantitative estimate of drug-likeness (QED) is 0.448. The van der Waals surface area contributed by atoms with Crippen molar-refractivity contribution in [1.82, 2.24) is 10.6 Å². The van der Waals surface area contributed by atoms with Crippen molar-refractivity contribution < 1.29 is 14.3 Å². The summed E-state index contributed by atoms with van der Waals surface area (Å²) in [5, 5.41) is 0. The molecule has 5 heteroatoms. The summed E-state index contributed by atoms with van der Waals surface area (Å²) in [7, 11) is 0. The molecule has 1 radical (unpaired) electrons. The van der Waals surface area contributed by atoms with Crippen LogP contribution >= 0.6 is 0 Å². The van der Waals surface area contributed by atoms with Crippen molar-refractivity contribution in [2.24, 2.45) is 0 Å². The molecule has 1 N–H and O–H groups in total. The molecule has 0 saturated carbocycles. The van der Waals surface area contributed by atoms with Crippen molar-refractivity contribution in [1.29, 1.82) is 0 Å². The predicted octanol–water partition coefficient (Wildman–Crippen LogP) is -0.752. The van der Waals surface area contributed by atoms with E-state index in [0.717, 1.165) is 4.90 Å². The standard InChI is InChI=1S/C5H7N2O3/c6-5(9)7-1-2-10-3-4(7)8/h6H,1-3H2. The first-order chi connectivity index (χ1) is 4.72. The van der Waals surface area contributed by atoms with Crippen LogP contribution in [0.4, 0.5) is 4.79 Å². The second-order valence-corrected chi connectivity index (χ2v) is 1.90. The minimum absolute atomic E-state index is 0.0788. The van der Waals surface area contributed by atoms with Crippen LogP contribution < -0.4 is 5.73 Å². The second-order valence-electron chi connectivity index (χ2n) is 1.90. The molecule has 0 atom stereocenters. The third-order valence-corrected chi connectivity index (χ3v) is 1.23. The molecule has 10 heavy (non-hydrogen) atoms. The first-order valence-corrected chi connectivity index (χ1v) is 2.85. The zero-order valence-electron chi connectivity index (χ0n) is 5.29. The molecular weight excluding hydrogens is 136 g/mol. The number of carbonyl (C=O) groups excluding carboxylic acids is 2. The highest BCUT2D eigenvalue weighted by atomic mass is 16.5. The Labute approximate surface area is 57.7 Å². The lowest BCUT2D eigenvalue weighted by Gasteiger charge is -2.21. The van der Waals surface area contributed by atoms with Gasteiger partial charge in [0, 0.05) is 0 Å². The number of hydrogen-bond donors (Lipinski definition) is 0. The fourth-order valence-corrected chi connectivity index (χ4v) is 0.733. The Morgan fingerprint density at radius 3 is 2.80 bits per heavy atom. The monoisotopic (exact) mass is 143 g/mol. The van der Waals surface area contributed by atoms with Gasteiger partial charge in [-0.2, -0.15) is 0 Å². The molecule has 1 aliphatic rings. The Kier molecular flexibility index (Phi) is 1.86. The van der Waals surface area contributed by atoms with Crippen LogP contribution in [-0.4, -0.2) is 36.6 Å². The van der Waals surface area contributed by atoms with Gasteiger partial charge in [0.15, 0.2) is 0 Å². The fourth-order valence-electron chi connectivity index (χ4n) is 0.733. The van der Waals surface area contributed by atoms with Gasteiger partial charge in [-0.15, -0.1) is 0 Å². The maximum Gasteiger partial charge on any atom is 0.342 e. The third-order valence-electron chi connectivity index (χ3n) is 1.23. The molecule has 0 aliphatic carbocycles. The van der Waals surface area contributed by atoms with E-state index in [2.05, 4.69) is 0 Å². The van der Waals surface area contributed by atoms with E-state index in [1.807, 2.05) is 0 Å². The topological polar surface area (TPSA) is 70.4 Å². The van der Waals surface area contributed by atoms with Gasteiger partial charge in [0.2, 0.25) is 0 Å². The van der Waals surface area contributed by atoms with Crippen molar-refractivity contribution in [3.63, 3.8) is 0 Å². The van der Waals surface area contributed by atoms with E-state index in [9.17, 15) is 9.59 Å². The molecule has 0 spiro atoms. The van der Waals surface area contributed by atoms with Crippen LogP contribution in [-0.2, 0) is 9.53 Å². The number of hydrogen-bond acceptors (Lipinski definition) is 3. The lowest BCUT2D eigenvalue weighted by Crippen LogP contribution is -2.45. The van der Waals surface area contributed by atoms with E-state index >= 15 is 0 Å². The maximum atomic E-state index is 10.7. The molecule has 1 saturated heterocycles. The van der Waals surface area contributed by atoms with Gasteiger partial charge in [-0.3, -0.25) is 9.69 Å². The van der Waals surface area contributed by atoms with Gasteiger partial charge in [-0.05, 0) is 0 Å². The number of urea groups is 1. The van der Waals surface area contributed by atoms with E-state index in [1.165, 1.54) is 0 Å². The number of amides is 3. The van der Waals surface area contributed by atoms with E-state index in [0.29, 0.717) is 6.61 Å². The smallest absolute Gasteiger partial charge is 0.342 e. The minimum atomic E-state index is -0.951. The van der Waals surface area contributed by atoms with Gasteiger partial charge in [-0.1, -0.05) is 0 Å². The predicted molar refractivity (Wildman–Crippen MR) is 31.0 cm³/mol. The molecule has 1 aliphatic heterocycles. The van der Waals surface area contributed by atoms with Crippen LogP contribution in [0.2, 0.25) is 0 Å². The summed E-state index contributed by atoms with van der Waals surface area (Å²) in [6.45, 7) is 0.474. The van der Waals surface area contributed by atoms with E-state index in [-0.39, 0.29) is 13.2 Å². The van der Waals surface area contributed by atoms with Crippen molar-refractivity contribution in [2.75, 3.05) is 19.8 Å². The number of rotatable bonds is 0. The van der Waals surface area contributed by atoms with Gasteiger partial charge in [0.05, 0.1) is 13.2 Å². The number of nitrogens with one attached hydrogen (secondary N) is 1. The van der Waals surface area contributed by atoms with E-state index in [1.54, 1.807) is 0 Å². The van der Waals surface area contributed by atoms with Gasteiger partial charge in [0.1, 0.15) is 6.61 Å². The molecule has 0 bridgehead atoms. The fraction of sp³-hybridized carbons (Fsp3) is 0.600. The van der Waals surface area contributed by atoms with Crippen LogP contribution in [0, 0.1) is 0 Å². The lowest BCUT2D eigenvalue weighted by molar-refractivity contribution is -0.138. The number of nitrogens with zero attached hydrogens (tertiary/aromatic N) is 1. The molecule has 55 valence electrons.